The molecule has 2 fully saturated rings. The minimum atomic E-state index is -0.312. The average molecular weight is 374 g/mol. The summed E-state index contributed by atoms with van der Waals surface area (Å²) in [6.45, 7) is 1.53. The summed E-state index contributed by atoms with van der Waals surface area (Å²) in [7, 11) is 0. The van der Waals surface area contributed by atoms with Crippen LogP contribution in [0.25, 0.3) is 0 Å². The number of carbonyl (C=O) groups excluding carboxylic acids is 1. The maximum atomic E-state index is 13.1. The van der Waals surface area contributed by atoms with Gasteiger partial charge in [0.15, 0.2) is 0 Å². The lowest BCUT2D eigenvalue weighted by molar-refractivity contribution is -0.136. The molecule has 1 heterocycles. The SMILES string of the molecule is Cl.N[C@@H]1CCN(C(=O)C2(c3cccc(Br)c3)CCCC2)C1. The fourth-order valence-corrected chi connectivity index (χ4v) is 4.06. The molecule has 0 unspecified atom stereocenters. The molecule has 0 radical (unpaired) electrons. The first-order chi connectivity index (χ1) is 9.62. The van der Waals surface area contributed by atoms with Crippen LogP contribution in [-0.4, -0.2) is 29.9 Å². The standard InChI is InChI=1S/C16H21BrN2O.ClH/c17-13-5-3-4-12(10-13)16(7-1-2-8-16)15(20)19-9-6-14(18)11-19;/h3-5,10,14H,1-2,6-9,11,18H2;1H/t14-;/m1./s1. The van der Waals surface area contributed by atoms with Crippen molar-refractivity contribution in [3.8, 4) is 0 Å². The minimum absolute atomic E-state index is 0. The van der Waals surface area contributed by atoms with Crippen LogP contribution in [-0.2, 0) is 10.2 Å². The van der Waals surface area contributed by atoms with Crippen LogP contribution < -0.4 is 5.73 Å². The molecule has 1 aliphatic carbocycles. The molecule has 1 saturated carbocycles. The lowest BCUT2D eigenvalue weighted by Crippen LogP contribution is -2.45. The number of nitrogens with two attached hydrogens (primary N) is 1. The quantitative estimate of drug-likeness (QED) is 0.865. The van der Waals surface area contributed by atoms with Gasteiger partial charge < -0.3 is 10.6 Å². The smallest absolute Gasteiger partial charge is 0.233 e. The zero-order valence-electron chi connectivity index (χ0n) is 12.1. The van der Waals surface area contributed by atoms with Gasteiger partial charge in [-0.1, -0.05) is 40.9 Å². The van der Waals surface area contributed by atoms with Crippen molar-refractivity contribution >= 4 is 34.2 Å². The van der Waals surface area contributed by atoms with Crippen LogP contribution in [0.2, 0.25) is 0 Å². The second-order valence-electron chi connectivity index (χ2n) is 6.10. The van der Waals surface area contributed by atoms with E-state index < -0.39 is 0 Å². The van der Waals surface area contributed by atoms with E-state index in [-0.39, 0.29) is 23.9 Å². The van der Waals surface area contributed by atoms with Crippen molar-refractivity contribution in [3.63, 3.8) is 0 Å². The number of carbonyl (C=O) groups is 1. The van der Waals surface area contributed by atoms with Gasteiger partial charge in [-0.25, -0.2) is 0 Å². The number of hydrogen-bond donors (Lipinski definition) is 1. The summed E-state index contributed by atoms with van der Waals surface area (Å²) in [6, 6.07) is 8.41. The largest absolute Gasteiger partial charge is 0.340 e. The van der Waals surface area contributed by atoms with E-state index >= 15 is 0 Å². The molecular weight excluding hydrogens is 352 g/mol. The maximum absolute atomic E-state index is 13.1. The van der Waals surface area contributed by atoms with Crippen LogP contribution in [0, 0.1) is 0 Å². The highest BCUT2D eigenvalue weighted by molar-refractivity contribution is 9.10. The Morgan fingerprint density at radius 1 is 1.33 bits per heavy atom. The van der Waals surface area contributed by atoms with E-state index in [0.717, 1.165) is 48.7 Å². The van der Waals surface area contributed by atoms with Crippen molar-refractivity contribution in [1.29, 1.82) is 0 Å². The van der Waals surface area contributed by atoms with E-state index in [4.69, 9.17) is 5.73 Å². The van der Waals surface area contributed by atoms with Crippen LogP contribution in [0.3, 0.4) is 0 Å². The van der Waals surface area contributed by atoms with E-state index in [1.165, 1.54) is 0 Å². The summed E-state index contributed by atoms with van der Waals surface area (Å²) in [4.78, 5) is 15.1. The molecule has 3 rings (SSSR count). The van der Waals surface area contributed by atoms with Crippen molar-refractivity contribution in [3.05, 3.63) is 34.3 Å². The number of nitrogens with zero attached hydrogens (tertiary/aromatic N) is 1. The number of hydrogen-bond acceptors (Lipinski definition) is 2. The van der Waals surface area contributed by atoms with Gasteiger partial charge in [0.2, 0.25) is 5.91 Å². The van der Waals surface area contributed by atoms with Gasteiger partial charge in [-0.05, 0) is 37.0 Å². The number of rotatable bonds is 2. The molecule has 21 heavy (non-hydrogen) atoms. The van der Waals surface area contributed by atoms with Gasteiger partial charge >= 0.3 is 0 Å². The first-order valence-corrected chi connectivity index (χ1v) is 8.22. The van der Waals surface area contributed by atoms with Crippen LogP contribution in [0.5, 0.6) is 0 Å². The Balaban J connectivity index is 0.00000161. The minimum Gasteiger partial charge on any atom is -0.340 e. The molecule has 1 atom stereocenters. The van der Waals surface area contributed by atoms with Crippen LogP contribution in [0.1, 0.15) is 37.7 Å². The third-order valence-electron chi connectivity index (χ3n) is 4.76. The summed E-state index contributed by atoms with van der Waals surface area (Å²) in [6.07, 6.45) is 5.14. The molecule has 2 aliphatic rings. The van der Waals surface area contributed by atoms with E-state index in [1.54, 1.807) is 0 Å². The summed E-state index contributed by atoms with van der Waals surface area (Å²) in [5.41, 5.74) is 6.82. The first-order valence-electron chi connectivity index (χ1n) is 7.43. The molecule has 3 nitrogen and oxygen atoms in total. The Morgan fingerprint density at radius 3 is 2.62 bits per heavy atom. The molecular formula is C16H22BrClN2O. The van der Waals surface area contributed by atoms with Gasteiger partial charge in [-0.2, -0.15) is 0 Å². The van der Waals surface area contributed by atoms with Gasteiger partial charge in [0, 0.05) is 23.6 Å². The van der Waals surface area contributed by atoms with E-state index in [1.807, 2.05) is 17.0 Å². The highest BCUT2D eigenvalue weighted by atomic mass is 79.9. The third kappa shape index (κ3) is 3.13. The fourth-order valence-electron chi connectivity index (χ4n) is 3.67. The first kappa shape index (κ1) is 16.8. The zero-order valence-corrected chi connectivity index (χ0v) is 14.5. The molecule has 0 aromatic heterocycles. The topological polar surface area (TPSA) is 46.3 Å². The van der Waals surface area contributed by atoms with Crippen molar-refractivity contribution in [2.75, 3.05) is 13.1 Å². The Kier molecular flexibility index (Phi) is 5.33. The summed E-state index contributed by atoms with van der Waals surface area (Å²) in [5, 5.41) is 0. The zero-order chi connectivity index (χ0) is 14.2. The van der Waals surface area contributed by atoms with Gasteiger partial charge in [0.1, 0.15) is 0 Å². The molecule has 1 amide bonds. The van der Waals surface area contributed by atoms with Gasteiger partial charge in [0.05, 0.1) is 5.41 Å². The van der Waals surface area contributed by atoms with Crippen molar-refractivity contribution in [1.82, 2.24) is 4.90 Å². The second-order valence-corrected chi connectivity index (χ2v) is 7.02. The lowest BCUT2D eigenvalue weighted by atomic mass is 9.77. The molecule has 1 aromatic rings. The summed E-state index contributed by atoms with van der Waals surface area (Å²) in [5.74, 6) is 0.293. The third-order valence-corrected chi connectivity index (χ3v) is 5.25. The molecule has 0 bridgehead atoms. The molecule has 1 aliphatic heterocycles. The van der Waals surface area contributed by atoms with Gasteiger partial charge in [-0.15, -0.1) is 12.4 Å². The van der Waals surface area contributed by atoms with Crippen molar-refractivity contribution < 1.29 is 4.79 Å². The number of likely N-dealkylation sites (tertiary alicyclic amines) is 1. The molecule has 1 aromatic carbocycles. The van der Waals surface area contributed by atoms with E-state index in [2.05, 4.69) is 28.1 Å². The maximum Gasteiger partial charge on any atom is 0.233 e. The van der Waals surface area contributed by atoms with E-state index in [9.17, 15) is 4.79 Å². The molecule has 5 heteroatoms. The number of benzene rings is 1. The predicted octanol–water partition coefficient (Wildman–Crippen LogP) is 3.24. The number of halogens is 2. The Hall–Kier alpha value is -0.580. The predicted molar refractivity (Wildman–Crippen MR) is 90.7 cm³/mol. The molecule has 0 spiro atoms. The fraction of sp³-hybridized carbons (Fsp3) is 0.562. The summed E-state index contributed by atoms with van der Waals surface area (Å²) < 4.78 is 1.05. The Bertz CT molecular complexity index is 517. The lowest BCUT2D eigenvalue weighted by Gasteiger charge is -2.33. The normalized spacial score (nSPS) is 23.9. The van der Waals surface area contributed by atoms with Crippen LogP contribution >= 0.6 is 28.3 Å². The molecule has 116 valence electrons. The Morgan fingerprint density at radius 2 is 2.05 bits per heavy atom. The van der Waals surface area contributed by atoms with Crippen molar-refractivity contribution in [2.45, 2.75) is 43.6 Å². The molecule has 2 N–H and O–H groups in total. The van der Waals surface area contributed by atoms with E-state index in [0.29, 0.717) is 12.5 Å². The Labute approximate surface area is 140 Å². The van der Waals surface area contributed by atoms with Gasteiger partial charge in [-0.3, -0.25) is 4.79 Å². The summed E-state index contributed by atoms with van der Waals surface area (Å²) >= 11 is 3.53. The second kappa shape index (κ2) is 6.67. The monoisotopic (exact) mass is 372 g/mol. The van der Waals surface area contributed by atoms with Crippen LogP contribution in [0.15, 0.2) is 28.7 Å². The molecule has 1 saturated heterocycles. The number of amides is 1. The highest BCUT2D eigenvalue weighted by Gasteiger charge is 2.45. The highest BCUT2D eigenvalue weighted by Crippen LogP contribution is 2.43. The average Bonchev–Trinajstić information content (AvgIpc) is 3.07. The van der Waals surface area contributed by atoms with Gasteiger partial charge in [0.25, 0.3) is 0 Å². The van der Waals surface area contributed by atoms with Crippen molar-refractivity contribution in [2.24, 2.45) is 5.73 Å². The van der Waals surface area contributed by atoms with Crippen LogP contribution in [0.4, 0.5) is 0 Å².